The second-order valence-electron chi connectivity index (χ2n) is 17.3. The molecule has 0 saturated carbocycles. The van der Waals surface area contributed by atoms with E-state index in [1.165, 1.54) is 52.3 Å². The van der Waals surface area contributed by atoms with Crippen LogP contribution >= 0.6 is 54.4 Å². The summed E-state index contributed by atoms with van der Waals surface area (Å²) in [4.78, 5) is 54.1. The highest BCUT2D eigenvalue weighted by Gasteiger charge is 2.38. The number of esters is 3. The van der Waals surface area contributed by atoms with Crippen LogP contribution in [0.25, 0.3) is 0 Å². The van der Waals surface area contributed by atoms with E-state index in [1.54, 1.807) is 94.4 Å². The molecule has 5 rings (SSSR count). The molecule has 1 amide bonds. The summed E-state index contributed by atoms with van der Waals surface area (Å²) in [6, 6.07) is 20.3. The topological polar surface area (TPSA) is 333 Å². The summed E-state index contributed by atoms with van der Waals surface area (Å²) >= 11 is 16.0. The number of carboxylic acids is 1. The Morgan fingerprint density at radius 3 is 1.13 bits per heavy atom. The molecule has 504 valence electrons. The van der Waals surface area contributed by atoms with Crippen molar-refractivity contribution in [3.05, 3.63) is 149 Å². The van der Waals surface area contributed by atoms with E-state index in [0.717, 1.165) is 21.1 Å². The normalized spacial score (nSPS) is 13.1. The Labute approximate surface area is 522 Å². The number of para-hydroxylation sites is 3. The monoisotopic (exact) mass is 1420 g/mol. The molecular weight excluding hydrogens is 1360 g/mol. The fourth-order valence-corrected chi connectivity index (χ4v) is 9.04. The number of phenolic OH excluding ortho intramolecular Hbond substituents is 1. The second kappa shape index (κ2) is 40.6. The van der Waals surface area contributed by atoms with Gasteiger partial charge in [-0.25, -0.2) is 49.9 Å². The smallest absolute Gasteiger partial charge is 0.503 e. The van der Waals surface area contributed by atoms with Gasteiger partial charge in [0.25, 0.3) is 0 Å². The number of aliphatic hydroxyl groups excluding tert-OH is 1. The van der Waals surface area contributed by atoms with Crippen LogP contribution in [0.4, 0.5) is 48.7 Å². The van der Waals surface area contributed by atoms with Crippen LogP contribution in [0.3, 0.4) is 0 Å². The number of amides is 1. The molecule has 0 aromatic heterocycles. The number of aromatic hydroxyl groups is 1. The zero-order valence-electron chi connectivity index (χ0n) is 48.7. The zero-order chi connectivity index (χ0) is 70.2. The Bertz CT molecular complexity index is 3130. The van der Waals surface area contributed by atoms with Gasteiger partial charge in [0.05, 0.1) is 21.3 Å². The minimum absolute atomic E-state index is 0.140. The summed E-state index contributed by atoms with van der Waals surface area (Å²) in [6.45, 7) is 7.07. The number of hydrogen-bond donors (Lipinski definition) is 7. The van der Waals surface area contributed by atoms with Crippen LogP contribution in [0.5, 0.6) is 28.7 Å². The highest BCUT2D eigenvalue weighted by Crippen LogP contribution is 2.57. The molecule has 5 aromatic rings. The van der Waals surface area contributed by atoms with Gasteiger partial charge in [0, 0.05) is 40.8 Å². The predicted octanol–water partition coefficient (Wildman–Crippen LogP) is 12.5. The number of benzene rings is 5. The average Bonchev–Trinajstić information content (AvgIpc) is 0.854. The first-order valence-electron chi connectivity index (χ1n) is 24.2. The number of nitrogens with one attached hydrogen (secondary N) is 3. The van der Waals surface area contributed by atoms with Gasteiger partial charge in [-0.3, -0.25) is 19.2 Å². The zero-order valence-corrected chi connectivity index (χ0v) is 53.6. The molecule has 23 nitrogen and oxygen atoms in total. The Hall–Kier alpha value is -7.05. The number of aliphatic hydroxyl groups is 1. The fourth-order valence-electron chi connectivity index (χ4n) is 4.98. The molecule has 0 heterocycles. The lowest BCUT2D eigenvalue weighted by Gasteiger charge is -2.23. The van der Waals surface area contributed by atoms with Gasteiger partial charge in [0.15, 0.2) is 5.75 Å². The first-order valence-corrected chi connectivity index (χ1v) is 31.8. The number of rotatable bonds is 17. The molecule has 0 aliphatic carbocycles. The highest BCUT2D eigenvalue weighted by atomic mass is 35.9. The number of carbonyl (C=O) groups is 5. The Morgan fingerprint density at radius 2 is 0.822 bits per heavy atom. The van der Waals surface area contributed by atoms with Crippen LogP contribution in [0.1, 0.15) is 48.5 Å². The predicted molar refractivity (Wildman–Crippen MR) is 306 cm³/mol. The summed E-state index contributed by atoms with van der Waals surface area (Å²) < 4.78 is 201. The standard InChI is InChI=1S/C16H13F5NO5P.C10H13ClNO4P.C8H15NO4.C6H5Cl2O2P.C6HF5O.C4H9NO2.CH4O/c1-8(16(23)25-2)22-28(24,26-9-6-4-3-5-7-9)27-15-13(20)11(18)10(17)12(19)14(15)21;1-8(10(13)15-2)12-17(11,14)16-9-6-4-3-5-7-9;1-5(6(10)11)9-7(12)13-8(2,3)4;7-11(8,9)10-6-4-2-1-3-5-6;7-1-2(8)4(10)6(12)5(11)3(1)9;1-3(5)4(6)7-2;1-2/h3-8H,1-2H3,(H,22,24);3-8H,1-2H3,(H,12,14);5H,1-4H3,(H,9,12)(H,10,11);1-5H;12H;3H,5H2,1-2H3;2H,1H3. The molecular formula is C51H60Cl3F10N4O19P3. The van der Waals surface area contributed by atoms with E-state index in [-0.39, 0.29) is 11.7 Å². The number of carboxylic acid groups (broad SMARTS) is 1. The molecule has 0 aliphatic rings. The maximum atomic E-state index is 13.9. The van der Waals surface area contributed by atoms with Gasteiger partial charge in [0.2, 0.25) is 63.9 Å². The lowest BCUT2D eigenvalue weighted by molar-refractivity contribution is -0.143. The quantitative estimate of drug-likeness (QED) is 0.0114. The van der Waals surface area contributed by atoms with Crippen LogP contribution in [-0.2, 0) is 51.8 Å². The van der Waals surface area contributed by atoms with E-state index in [2.05, 4.69) is 33.7 Å². The minimum Gasteiger partial charge on any atom is -0.503 e. The third kappa shape index (κ3) is 32.6. The molecule has 8 N–H and O–H groups in total. The average molecular weight is 1420 g/mol. The number of ether oxygens (including phenoxy) is 4. The van der Waals surface area contributed by atoms with E-state index < -0.39 is 144 Å². The van der Waals surface area contributed by atoms with Crippen molar-refractivity contribution < 1.29 is 134 Å². The second-order valence-corrected chi connectivity index (χ2v) is 25.8. The van der Waals surface area contributed by atoms with Crippen molar-refractivity contribution >= 4 is 84.4 Å². The lowest BCUT2D eigenvalue weighted by atomic mass is 10.2. The third-order valence-corrected chi connectivity index (χ3v) is 13.0. The summed E-state index contributed by atoms with van der Waals surface area (Å²) in [5, 5.41) is 30.3. The Morgan fingerprint density at radius 1 is 0.500 bits per heavy atom. The van der Waals surface area contributed by atoms with Crippen LogP contribution in [0.15, 0.2) is 91.0 Å². The van der Waals surface area contributed by atoms with Gasteiger partial charge < -0.3 is 63.4 Å². The van der Waals surface area contributed by atoms with Crippen LogP contribution in [0, 0.1) is 58.2 Å². The van der Waals surface area contributed by atoms with E-state index in [9.17, 15) is 81.6 Å². The van der Waals surface area contributed by atoms with Crippen molar-refractivity contribution in [1.82, 2.24) is 15.5 Å². The van der Waals surface area contributed by atoms with Crippen LogP contribution < -0.4 is 39.3 Å². The summed E-state index contributed by atoms with van der Waals surface area (Å²) in [5.41, 5.74) is 4.46. The van der Waals surface area contributed by atoms with Gasteiger partial charge in [-0.1, -0.05) is 54.6 Å². The maximum absolute atomic E-state index is 13.9. The van der Waals surface area contributed by atoms with E-state index >= 15 is 0 Å². The molecule has 0 saturated heterocycles. The molecule has 0 radical (unpaired) electrons. The van der Waals surface area contributed by atoms with Crippen molar-refractivity contribution in [3.63, 3.8) is 0 Å². The van der Waals surface area contributed by atoms with E-state index in [1.807, 2.05) is 5.09 Å². The molecule has 0 bridgehead atoms. The maximum Gasteiger partial charge on any atom is 0.513 e. The molecule has 5 aromatic carbocycles. The molecule has 6 unspecified atom stereocenters. The van der Waals surface area contributed by atoms with Gasteiger partial charge in [-0.15, -0.1) is 0 Å². The number of aliphatic carboxylic acids is 1. The van der Waals surface area contributed by atoms with Gasteiger partial charge >= 0.3 is 50.7 Å². The Balaban J connectivity index is 0. The van der Waals surface area contributed by atoms with Crippen LogP contribution in [0.2, 0.25) is 0 Å². The van der Waals surface area contributed by atoms with Crippen molar-refractivity contribution in [2.75, 3.05) is 28.4 Å². The number of methoxy groups -OCH3 is 3. The first-order chi connectivity index (χ1) is 41.5. The third-order valence-electron chi connectivity index (χ3n) is 8.94. The molecule has 0 fully saturated rings. The minimum atomic E-state index is -4.88. The van der Waals surface area contributed by atoms with Crippen molar-refractivity contribution in [2.45, 2.75) is 78.2 Å². The van der Waals surface area contributed by atoms with Crippen molar-refractivity contribution in [3.8, 4) is 28.7 Å². The van der Waals surface area contributed by atoms with Crippen molar-refractivity contribution in [2.24, 2.45) is 5.73 Å². The molecule has 6 atom stereocenters. The SMILES string of the molecule is CC(NC(=O)OC(C)(C)C)C(=O)O.CO.COC(=O)C(C)N.COC(=O)C(C)NP(=O)(Cl)Oc1ccccc1.COC(=O)C(C)NP(=O)(Oc1ccccc1)Oc1c(F)c(F)c(F)c(F)c1F.O=P(Cl)(Cl)Oc1ccccc1.Oc1c(F)c(F)c(F)c(F)c1F. The number of carbonyl (C=O) groups excluding carboxylic acids is 4. The number of hydrogen-bond acceptors (Lipinski definition) is 19. The molecule has 90 heavy (non-hydrogen) atoms. The van der Waals surface area contributed by atoms with E-state index in [4.69, 9.17) is 68.6 Å². The van der Waals surface area contributed by atoms with Crippen LogP contribution in [-0.4, -0.2) is 103 Å². The van der Waals surface area contributed by atoms with Gasteiger partial charge in [-0.05, 0) is 84.9 Å². The largest absolute Gasteiger partial charge is 0.513 e. The highest BCUT2D eigenvalue weighted by molar-refractivity contribution is 8.05. The molecule has 0 spiro atoms. The van der Waals surface area contributed by atoms with Gasteiger partial charge in [-0.2, -0.15) is 22.6 Å². The summed E-state index contributed by atoms with van der Waals surface area (Å²) in [6.07, 6.45) is -4.16. The number of alkyl carbamates (subject to hydrolysis) is 1. The fraction of sp³-hybridized carbons (Fsp3) is 0.314. The summed E-state index contributed by atoms with van der Waals surface area (Å²) in [7, 11) is -0.328. The number of nitrogens with two attached hydrogens (primary N) is 1. The number of phenols is 1. The Kier molecular flexibility index (Phi) is 38.4. The molecule has 39 heteroatoms. The lowest BCUT2D eigenvalue weighted by Crippen LogP contribution is -2.41. The first kappa shape index (κ1) is 85.0. The summed E-state index contributed by atoms with van der Waals surface area (Å²) in [5.74, 6) is -28.9. The van der Waals surface area contributed by atoms with Gasteiger partial charge in [0.1, 0.15) is 47.0 Å². The van der Waals surface area contributed by atoms with E-state index in [0.29, 0.717) is 11.5 Å². The number of halogens is 13. The van der Waals surface area contributed by atoms with Crippen molar-refractivity contribution in [1.29, 1.82) is 0 Å². The molecule has 0 aliphatic heterocycles.